The summed E-state index contributed by atoms with van der Waals surface area (Å²) < 4.78 is 12.8. The Labute approximate surface area is 248 Å². The molecule has 10 nitrogen and oxygen atoms in total. The highest BCUT2D eigenvalue weighted by Gasteiger charge is 2.27. The zero-order chi connectivity index (χ0) is 29.7. The highest BCUT2D eigenvalue weighted by Crippen LogP contribution is 2.26. The summed E-state index contributed by atoms with van der Waals surface area (Å²) in [6.45, 7) is 15.0. The number of rotatable bonds is 7. The Morgan fingerprint density at radius 1 is 1.10 bits per heavy atom. The van der Waals surface area contributed by atoms with Crippen molar-refractivity contribution in [3.63, 3.8) is 0 Å². The van der Waals surface area contributed by atoms with E-state index in [1.54, 1.807) is 41.6 Å². The van der Waals surface area contributed by atoms with Crippen LogP contribution in [0.3, 0.4) is 0 Å². The Hall–Kier alpha value is -4.56. The van der Waals surface area contributed by atoms with E-state index in [2.05, 4.69) is 19.9 Å². The minimum atomic E-state index is -0.496. The van der Waals surface area contributed by atoms with Crippen LogP contribution in [0.4, 0.5) is 10.5 Å². The lowest BCUT2D eigenvalue weighted by Gasteiger charge is -2.33. The molecule has 1 aromatic carbocycles. The molecule has 1 fully saturated rings. The average molecular weight is 585 g/mol. The second kappa shape index (κ2) is 12.5. The van der Waals surface area contributed by atoms with Crippen molar-refractivity contribution in [2.75, 3.05) is 19.7 Å². The number of thiophene rings is 1. The van der Waals surface area contributed by atoms with E-state index in [9.17, 15) is 9.59 Å². The van der Waals surface area contributed by atoms with Crippen molar-refractivity contribution in [1.29, 1.82) is 0 Å². The number of piperidine rings is 1. The molecule has 0 atom stereocenters. The molecule has 0 N–H and O–H groups in total. The maximum atomic E-state index is 12.5. The standard InChI is InChI=1S/C31H32N6O4S/c1-31(2,3)41-30(39)36-12-10-21(11-13-36)19-40-25-16-33-29(34-17-25)23-15-26(42-20-23)18-37-28(38)9-8-27(35-37)22-6-5-7-24(14-22)32-4/h5-9,14-17,20-21H,10-13,18-19H2,1-3H3. The molecule has 0 bridgehead atoms. The normalized spacial score (nSPS) is 13.9. The van der Waals surface area contributed by atoms with E-state index >= 15 is 0 Å². The minimum Gasteiger partial charge on any atom is -0.490 e. The van der Waals surface area contributed by atoms with Gasteiger partial charge in [-0.25, -0.2) is 24.3 Å². The number of amides is 1. The molecule has 0 aliphatic carbocycles. The van der Waals surface area contributed by atoms with E-state index in [0.717, 1.165) is 28.8 Å². The lowest BCUT2D eigenvalue weighted by Crippen LogP contribution is -2.42. The summed E-state index contributed by atoms with van der Waals surface area (Å²) >= 11 is 1.51. The maximum absolute atomic E-state index is 12.5. The van der Waals surface area contributed by atoms with Gasteiger partial charge in [0.25, 0.3) is 5.56 Å². The van der Waals surface area contributed by atoms with Crippen LogP contribution >= 0.6 is 11.3 Å². The molecule has 11 heteroatoms. The molecule has 4 aromatic rings. The molecule has 0 spiro atoms. The van der Waals surface area contributed by atoms with E-state index in [1.165, 1.54) is 22.1 Å². The van der Waals surface area contributed by atoms with Gasteiger partial charge in [-0.15, -0.1) is 11.3 Å². The summed E-state index contributed by atoms with van der Waals surface area (Å²) in [4.78, 5) is 39.9. The number of nitrogens with zero attached hydrogens (tertiary/aromatic N) is 6. The zero-order valence-electron chi connectivity index (χ0n) is 23.8. The van der Waals surface area contributed by atoms with E-state index in [0.29, 0.717) is 55.1 Å². The second-order valence-electron chi connectivity index (χ2n) is 11.1. The van der Waals surface area contributed by atoms with Crippen LogP contribution in [0.1, 0.15) is 38.5 Å². The summed E-state index contributed by atoms with van der Waals surface area (Å²) in [6, 6.07) is 12.3. The van der Waals surface area contributed by atoms with Gasteiger partial charge in [-0.1, -0.05) is 18.2 Å². The highest BCUT2D eigenvalue weighted by atomic mass is 32.1. The Morgan fingerprint density at radius 3 is 2.57 bits per heavy atom. The van der Waals surface area contributed by atoms with Gasteiger partial charge in [-0.2, -0.15) is 5.10 Å². The van der Waals surface area contributed by atoms with Crippen molar-refractivity contribution in [2.45, 2.75) is 45.8 Å². The summed E-state index contributed by atoms with van der Waals surface area (Å²) in [5, 5.41) is 6.48. The molecule has 0 radical (unpaired) electrons. The monoisotopic (exact) mass is 584 g/mol. The molecule has 42 heavy (non-hydrogen) atoms. The van der Waals surface area contributed by atoms with Gasteiger partial charge in [-0.3, -0.25) is 4.79 Å². The lowest BCUT2D eigenvalue weighted by atomic mass is 9.98. The predicted molar refractivity (Wildman–Crippen MR) is 161 cm³/mol. The highest BCUT2D eigenvalue weighted by molar-refractivity contribution is 7.10. The summed E-state index contributed by atoms with van der Waals surface area (Å²) in [5.41, 5.74) is 2.08. The fourth-order valence-corrected chi connectivity index (χ4v) is 5.39. The number of hydrogen-bond donors (Lipinski definition) is 0. The summed E-state index contributed by atoms with van der Waals surface area (Å²) in [7, 11) is 0. The summed E-state index contributed by atoms with van der Waals surface area (Å²) in [6.07, 6.45) is 4.78. The van der Waals surface area contributed by atoms with Crippen molar-refractivity contribution >= 4 is 23.1 Å². The number of carbonyl (C=O) groups is 1. The molecule has 216 valence electrons. The van der Waals surface area contributed by atoms with Crippen molar-refractivity contribution in [3.05, 3.63) is 86.9 Å². The van der Waals surface area contributed by atoms with Gasteiger partial charge in [-0.05, 0) is 63.3 Å². The molecule has 5 rings (SSSR count). The first-order valence-electron chi connectivity index (χ1n) is 13.7. The van der Waals surface area contributed by atoms with Crippen LogP contribution in [0.5, 0.6) is 5.75 Å². The third-order valence-electron chi connectivity index (χ3n) is 6.74. The predicted octanol–water partition coefficient (Wildman–Crippen LogP) is 6.05. The first kappa shape index (κ1) is 29.0. The van der Waals surface area contributed by atoms with Crippen molar-refractivity contribution < 1.29 is 14.3 Å². The number of aromatic nitrogens is 4. The lowest BCUT2D eigenvalue weighted by molar-refractivity contribution is 0.0165. The number of carbonyl (C=O) groups excluding carboxylic acids is 1. The Balaban J connectivity index is 1.15. The van der Waals surface area contributed by atoms with Gasteiger partial charge in [0.2, 0.25) is 0 Å². The van der Waals surface area contributed by atoms with Crippen LogP contribution in [-0.4, -0.2) is 56.0 Å². The summed E-state index contributed by atoms with van der Waals surface area (Å²) in [5.74, 6) is 1.51. The third-order valence-corrected chi connectivity index (χ3v) is 7.66. The van der Waals surface area contributed by atoms with Crippen LogP contribution in [0.25, 0.3) is 27.5 Å². The number of benzene rings is 1. The van der Waals surface area contributed by atoms with Gasteiger partial charge in [0.1, 0.15) is 5.60 Å². The average Bonchev–Trinajstić information content (AvgIpc) is 3.45. The first-order chi connectivity index (χ1) is 20.2. The van der Waals surface area contributed by atoms with E-state index in [4.69, 9.17) is 16.0 Å². The SMILES string of the molecule is [C-]#[N+]c1cccc(-c2ccc(=O)n(Cc3cc(-c4ncc(OCC5CCN(C(=O)OC(C)(C)C)CC5)cn4)cs3)n2)c1. The maximum Gasteiger partial charge on any atom is 0.410 e. The van der Waals surface area contributed by atoms with Crippen LogP contribution in [0, 0.1) is 12.5 Å². The number of ether oxygens (including phenoxy) is 2. The first-order valence-corrected chi connectivity index (χ1v) is 14.6. The van der Waals surface area contributed by atoms with Crippen molar-refractivity contribution in [3.8, 4) is 28.4 Å². The number of hydrogen-bond acceptors (Lipinski definition) is 8. The Bertz CT molecular complexity index is 1640. The third kappa shape index (κ3) is 7.39. The van der Waals surface area contributed by atoms with Gasteiger partial charge in [0.15, 0.2) is 17.3 Å². The van der Waals surface area contributed by atoms with Crippen LogP contribution < -0.4 is 10.3 Å². The molecule has 0 saturated carbocycles. The van der Waals surface area contributed by atoms with E-state index in [-0.39, 0.29) is 11.7 Å². The smallest absolute Gasteiger partial charge is 0.410 e. The molecule has 1 saturated heterocycles. The molecular formula is C31H32N6O4S. The fraction of sp³-hybridized carbons (Fsp3) is 0.355. The van der Waals surface area contributed by atoms with Crippen molar-refractivity contribution in [2.24, 2.45) is 5.92 Å². The topological polar surface area (TPSA) is 104 Å². The van der Waals surface area contributed by atoms with Crippen LogP contribution in [0.2, 0.25) is 0 Å². The molecule has 0 unspecified atom stereocenters. The van der Waals surface area contributed by atoms with Crippen molar-refractivity contribution in [1.82, 2.24) is 24.6 Å². The minimum absolute atomic E-state index is 0.205. The molecule has 4 heterocycles. The molecule has 1 aliphatic rings. The van der Waals surface area contributed by atoms with E-state index < -0.39 is 5.60 Å². The van der Waals surface area contributed by atoms with Crippen LogP contribution in [-0.2, 0) is 11.3 Å². The Morgan fingerprint density at radius 2 is 1.86 bits per heavy atom. The van der Waals surface area contributed by atoms with Gasteiger partial charge in [0.05, 0.1) is 37.8 Å². The largest absolute Gasteiger partial charge is 0.490 e. The van der Waals surface area contributed by atoms with Gasteiger partial charge in [0, 0.05) is 35.0 Å². The van der Waals surface area contributed by atoms with Crippen LogP contribution in [0.15, 0.2) is 65.0 Å². The quantitative estimate of drug-likeness (QED) is 0.244. The molecule has 3 aromatic heterocycles. The molecule has 1 amide bonds. The van der Waals surface area contributed by atoms with E-state index in [1.807, 2.05) is 38.3 Å². The molecular weight excluding hydrogens is 552 g/mol. The van der Waals surface area contributed by atoms with Gasteiger partial charge >= 0.3 is 6.09 Å². The second-order valence-corrected chi connectivity index (χ2v) is 12.1. The molecule has 1 aliphatic heterocycles. The Kier molecular flexibility index (Phi) is 8.64. The zero-order valence-corrected chi connectivity index (χ0v) is 24.6. The fourth-order valence-electron chi connectivity index (χ4n) is 4.54. The number of likely N-dealkylation sites (tertiary alicyclic amines) is 1. The van der Waals surface area contributed by atoms with Gasteiger partial charge < -0.3 is 14.4 Å².